The van der Waals surface area contributed by atoms with E-state index in [1.54, 1.807) is 0 Å². The van der Waals surface area contributed by atoms with Crippen LogP contribution >= 0.6 is 0 Å². The van der Waals surface area contributed by atoms with E-state index in [1.165, 1.54) is 12.8 Å². The Balaban J connectivity index is 1.82. The zero-order valence-corrected chi connectivity index (χ0v) is 10.5. The normalized spacial score (nSPS) is 18.7. The van der Waals surface area contributed by atoms with Crippen LogP contribution < -0.4 is 5.32 Å². The van der Waals surface area contributed by atoms with Crippen molar-refractivity contribution < 1.29 is 13.9 Å². The summed E-state index contributed by atoms with van der Waals surface area (Å²) in [5.74, 6) is 0.271. The van der Waals surface area contributed by atoms with Crippen molar-refractivity contribution in [3.05, 3.63) is 35.4 Å². The molecule has 1 fully saturated rings. The van der Waals surface area contributed by atoms with Gasteiger partial charge in [-0.3, -0.25) is 0 Å². The summed E-state index contributed by atoms with van der Waals surface area (Å²) < 4.78 is 26.4. The Kier molecular flexibility index (Phi) is 4.30. The maximum atomic E-state index is 13.4. The van der Waals surface area contributed by atoms with E-state index in [9.17, 15) is 13.9 Å². The largest absolute Gasteiger partial charge is 0.387 e. The fourth-order valence-corrected chi connectivity index (χ4v) is 2.16. The summed E-state index contributed by atoms with van der Waals surface area (Å²) in [4.78, 5) is 0. The third-order valence-electron chi connectivity index (χ3n) is 3.55. The fraction of sp³-hybridized carbons (Fsp3) is 0.571. The maximum absolute atomic E-state index is 13.4. The van der Waals surface area contributed by atoms with Crippen LogP contribution in [0.5, 0.6) is 0 Å². The standard InChI is InChI=1S/C14H19F2NO/c1-9(10-2-3-10)7-17-8-14(18)12-6-11(15)4-5-13(12)16/h4-6,9-10,14,17-18H,2-3,7-8H2,1H3. The molecule has 2 nitrogen and oxygen atoms in total. The molecule has 0 amide bonds. The van der Waals surface area contributed by atoms with Gasteiger partial charge in [0, 0.05) is 12.1 Å². The highest BCUT2D eigenvalue weighted by Gasteiger charge is 2.27. The zero-order chi connectivity index (χ0) is 13.1. The molecule has 2 N–H and O–H groups in total. The fourth-order valence-electron chi connectivity index (χ4n) is 2.16. The second-order valence-corrected chi connectivity index (χ2v) is 5.15. The molecule has 2 unspecified atom stereocenters. The minimum atomic E-state index is -1.01. The van der Waals surface area contributed by atoms with Gasteiger partial charge in [0.25, 0.3) is 0 Å². The summed E-state index contributed by atoms with van der Waals surface area (Å²) in [5, 5.41) is 12.9. The molecule has 100 valence electrons. The van der Waals surface area contributed by atoms with E-state index < -0.39 is 17.7 Å². The van der Waals surface area contributed by atoms with E-state index in [2.05, 4.69) is 12.2 Å². The predicted molar refractivity (Wildman–Crippen MR) is 66.1 cm³/mol. The summed E-state index contributed by atoms with van der Waals surface area (Å²) in [6, 6.07) is 3.14. The molecule has 1 aliphatic carbocycles. The average Bonchev–Trinajstić information content (AvgIpc) is 3.16. The van der Waals surface area contributed by atoms with Crippen molar-refractivity contribution in [2.45, 2.75) is 25.9 Å². The molecular weight excluding hydrogens is 236 g/mol. The van der Waals surface area contributed by atoms with Crippen LogP contribution in [0.1, 0.15) is 31.4 Å². The zero-order valence-electron chi connectivity index (χ0n) is 10.5. The van der Waals surface area contributed by atoms with E-state index in [1.807, 2.05) is 0 Å². The van der Waals surface area contributed by atoms with E-state index in [4.69, 9.17) is 0 Å². The third-order valence-corrected chi connectivity index (χ3v) is 3.55. The molecular formula is C14H19F2NO. The van der Waals surface area contributed by atoms with Crippen molar-refractivity contribution in [1.29, 1.82) is 0 Å². The molecule has 2 rings (SSSR count). The molecule has 1 aromatic carbocycles. The topological polar surface area (TPSA) is 32.3 Å². The molecule has 0 heterocycles. The highest BCUT2D eigenvalue weighted by Crippen LogP contribution is 2.36. The predicted octanol–water partition coefficient (Wildman–Crippen LogP) is 2.63. The molecule has 0 spiro atoms. The van der Waals surface area contributed by atoms with Crippen molar-refractivity contribution in [2.24, 2.45) is 11.8 Å². The first-order chi connectivity index (χ1) is 8.58. The number of aliphatic hydroxyl groups is 1. The van der Waals surface area contributed by atoms with Crippen LogP contribution in [-0.2, 0) is 0 Å². The lowest BCUT2D eigenvalue weighted by atomic mass is 10.1. The lowest BCUT2D eigenvalue weighted by molar-refractivity contribution is 0.167. The van der Waals surface area contributed by atoms with Crippen LogP contribution in [0.3, 0.4) is 0 Å². The monoisotopic (exact) mass is 255 g/mol. The van der Waals surface area contributed by atoms with E-state index >= 15 is 0 Å². The number of rotatable bonds is 6. The Hall–Kier alpha value is -1.00. The SMILES string of the molecule is CC(CNCC(O)c1cc(F)ccc1F)C1CC1. The molecule has 1 saturated carbocycles. The third kappa shape index (κ3) is 3.50. The molecule has 4 heteroatoms. The second kappa shape index (κ2) is 5.76. The van der Waals surface area contributed by atoms with Gasteiger partial charge in [-0.05, 0) is 49.4 Å². The van der Waals surface area contributed by atoms with Gasteiger partial charge in [-0.25, -0.2) is 8.78 Å². The van der Waals surface area contributed by atoms with Gasteiger partial charge >= 0.3 is 0 Å². The van der Waals surface area contributed by atoms with Crippen molar-refractivity contribution in [3.63, 3.8) is 0 Å². The first kappa shape index (κ1) is 13.4. The molecule has 1 aromatic rings. The van der Waals surface area contributed by atoms with Gasteiger partial charge in [-0.15, -0.1) is 0 Å². The van der Waals surface area contributed by atoms with Crippen LogP contribution in [-0.4, -0.2) is 18.2 Å². The highest BCUT2D eigenvalue weighted by atomic mass is 19.1. The van der Waals surface area contributed by atoms with Crippen molar-refractivity contribution in [1.82, 2.24) is 5.32 Å². The molecule has 1 aliphatic rings. The van der Waals surface area contributed by atoms with Crippen LogP contribution in [0.2, 0.25) is 0 Å². The van der Waals surface area contributed by atoms with Crippen LogP contribution in [0.15, 0.2) is 18.2 Å². The van der Waals surface area contributed by atoms with E-state index in [-0.39, 0.29) is 12.1 Å². The van der Waals surface area contributed by atoms with Gasteiger partial charge in [0.05, 0.1) is 6.10 Å². The van der Waals surface area contributed by atoms with Gasteiger partial charge in [0.15, 0.2) is 0 Å². The van der Waals surface area contributed by atoms with Crippen LogP contribution in [0.25, 0.3) is 0 Å². The minimum Gasteiger partial charge on any atom is -0.387 e. The van der Waals surface area contributed by atoms with Crippen molar-refractivity contribution >= 4 is 0 Å². The van der Waals surface area contributed by atoms with Crippen molar-refractivity contribution in [2.75, 3.05) is 13.1 Å². The first-order valence-electron chi connectivity index (χ1n) is 6.41. The second-order valence-electron chi connectivity index (χ2n) is 5.15. The molecule has 0 saturated heterocycles. The summed E-state index contributed by atoms with van der Waals surface area (Å²) in [5.41, 5.74) is 0.0153. The Bertz CT molecular complexity index is 407. The average molecular weight is 255 g/mol. The molecule has 0 radical (unpaired) electrons. The Morgan fingerprint density at radius 1 is 1.33 bits per heavy atom. The highest BCUT2D eigenvalue weighted by molar-refractivity contribution is 5.21. The Morgan fingerprint density at radius 3 is 2.72 bits per heavy atom. The molecule has 2 atom stereocenters. The van der Waals surface area contributed by atoms with Crippen LogP contribution in [0.4, 0.5) is 8.78 Å². The number of halogens is 2. The molecule has 0 aliphatic heterocycles. The maximum Gasteiger partial charge on any atom is 0.129 e. The van der Waals surface area contributed by atoms with Gasteiger partial charge < -0.3 is 10.4 Å². The summed E-state index contributed by atoms with van der Waals surface area (Å²) in [7, 11) is 0. The van der Waals surface area contributed by atoms with Gasteiger partial charge in [-0.1, -0.05) is 6.92 Å². The van der Waals surface area contributed by atoms with Crippen molar-refractivity contribution in [3.8, 4) is 0 Å². The summed E-state index contributed by atoms with van der Waals surface area (Å²) in [6.07, 6.45) is 1.56. The number of nitrogens with one attached hydrogen (secondary N) is 1. The van der Waals surface area contributed by atoms with E-state index in [0.717, 1.165) is 30.7 Å². The van der Waals surface area contributed by atoms with Gasteiger partial charge in [0.2, 0.25) is 0 Å². The lowest BCUT2D eigenvalue weighted by Gasteiger charge is -2.15. The lowest BCUT2D eigenvalue weighted by Crippen LogP contribution is -2.27. The quantitative estimate of drug-likeness (QED) is 0.819. The van der Waals surface area contributed by atoms with Gasteiger partial charge in [-0.2, -0.15) is 0 Å². The summed E-state index contributed by atoms with van der Waals surface area (Å²) >= 11 is 0. The number of hydrogen-bond acceptors (Lipinski definition) is 2. The number of aliphatic hydroxyl groups excluding tert-OH is 1. The smallest absolute Gasteiger partial charge is 0.129 e. The molecule has 0 aromatic heterocycles. The first-order valence-corrected chi connectivity index (χ1v) is 6.41. The van der Waals surface area contributed by atoms with Crippen LogP contribution in [0, 0.1) is 23.5 Å². The number of benzene rings is 1. The Labute approximate surface area is 106 Å². The minimum absolute atomic E-state index is 0.0153. The summed E-state index contributed by atoms with van der Waals surface area (Å²) in [6.45, 7) is 3.22. The molecule has 0 bridgehead atoms. The Morgan fingerprint density at radius 2 is 2.06 bits per heavy atom. The van der Waals surface area contributed by atoms with Gasteiger partial charge in [0.1, 0.15) is 11.6 Å². The number of hydrogen-bond donors (Lipinski definition) is 2. The molecule has 18 heavy (non-hydrogen) atoms. The van der Waals surface area contributed by atoms with E-state index in [0.29, 0.717) is 5.92 Å².